The number of hydrogen-bond acceptors (Lipinski definition) is 4. The molecule has 1 aromatic rings. The maximum atomic E-state index is 11.9. The van der Waals surface area contributed by atoms with Gasteiger partial charge in [0.05, 0.1) is 12.2 Å². The van der Waals surface area contributed by atoms with Crippen LogP contribution < -0.4 is 4.74 Å². The standard InChI is InChI=1S/C17H22O4/c1-2-20-17(19)14-9-6-10-15(12-14)21-16(18)11-13-7-4-3-5-8-13/h6,9-10,12-13H,2-5,7-8,11H2,1H3. The third-order valence-electron chi connectivity index (χ3n) is 3.76. The van der Waals surface area contributed by atoms with Crippen LogP contribution in [0.3, 0.4) is 0 Å². The van der Waals surface area contributed by atoms with Crippen LogP contribution in [0.15, 0.2) is 24.3 Å². The predicted molar refractivity (Wildman–Crippen MR) is 79.2 cm³/mol. The third-order valence-corrected chi connectivity index (χ3v) is 3.76. The topological polar surface area (TPSA) is 52.6 Å². The Kier molecular flexibility index (Phi) is 5.78. The Morgan fingerprint density at radius 3 is 2.67 bits per heavy atom. The van der Waals surface area contributed by atoms with Gasteiger partial charge in [-0.15, -0.1) is 0 Å². The third kappa shape index (κ3) is 4.88. The van der Waals surface area contributed by atoms with Gasteiger partial charge in [0.25, 0.3) is 0 Å². The van der Waals surface area contributed by atoms with Crippen molar-refractivity contribution in [1.82, 2.24) is 0 Å². The summed E-state index contributed by atoms with van der Waals surface area (Å²) in [6, 6.07) is 6.57. The predicted octanol–water partition coefficient (Wildman–Crippen LogP) is 3.74. The molecular formula is C17H22O4. The first-order valence-corrected chi connectivity index (χ1v) is 7.67. The Bertz CT molecular complexity index is 489. The fourth-order valence-electron chi connectivity index (χ4n) is 2.70. The number of carbonyl (C=O) groups excluding carboxylic acids is 2. The summed E-state index contributed by atoms with van der Waals surface area (Å²) in [7, 11) is 0. The molecule has 0 atom stereocenters. The monoisotopic (exact) mass is 290 g/mol. The molecule has 0 spiro atoms. The lowest BCUT2D eigenvalue weighted by molar-refractivity contribution is -0.135. The van der Waals surface area contributed by atoms with Crippen LogP contribution in [0, 0.1) is 5.92 Å². The summed E-state index contributed by atoms with van der Waals surface area (Å²) in [4.78, 5) is 23.6. The molecule has 0 heterocycles. The molecule has 0 N–H and O–H groups in total. The second-order valence-corrected chi connectivity index (χ2v) is 5.43. The van der Waals surface area contributed by atoms with Gasteiger partial charge in [0.1, 0.15) is 5.75 Å². The molecule has 0 saturated heterocycles. The molecule has 4 nitrogen and oxygen atoms in total. The Morgan fingerprint density at radius 1 is 1.19 bits per heavy atom. The van der Waals surface area contributed by atoms with Gasteiger partial charge in [-0.1, -0.05) is 25.3 Å². The highest BCUT2D eigenvalue weighted by Gasteiger charge is 2.18. The van der Waals surface area contributed by atoms with Crippen molar-refractivity contribution in [2.75, 3.05) is 6.61 Å². The SMILES string of the molecule is CCOC(=O)c1cccc(OC(=O)CC2CCCCC2)c1. The Morgan fingerprint density at radius 2 is 1.95 bits per heavy atom. The van der Waals surface area contributed by atoms with Crippen molar-refractivity contribution in [3.63, 3.8) is 0 Å². The molecule has 0 aliphatic heterocycles. The second-order valence-electron chi connectivity index (χ2n) is 5.43. The Hall–Kier alpha value is -1.84. The van der Waals surface area contributed by atoms with Gasteiger partial charge >= 0.3 is 11.9 Å². The summed E-state index contributed by atoms with van der Waals surface area (Å²) in [6.07, 6.45) is 6.36. The van der Waals surface area contributed by atoms with Gasteiger partial charge in [-0.05, 0) is 43.9 Å². The van der Waals surface area contributed by atoms with E-state index in [9.17, 15) is 9.59 Å². The molecule has 1 aliphatic rings. The Balaban J connectivity index is 1.91. The van der Waals surface area contributed by atoms with E-state index in [0.29, 0.717) is 30.3 Å². The zero-order chi connectivity index (χ0) is 15.1. The van der Waals surface area contributed by atoms with Crippen LogP contribution in [0.5, 0.6) is 5.75 Å². The normalized spacial score (nSPS) is 15.5. The van der Waals surface area contributed by atoms with Crippen molar-refractivity contribution in [2.45, 2.75) is 45.4 Å². The van der Waals surface area contributed by atoms with Gasteiger partial charge in [0, 0.05) is 6.42 Å². The first-order chi connectivity index (χ1) is 10.2. The van der Waals surface area contributed by atoms with E-state index in [2.05, 4.69) is 0 Å². The average molecular weight is 290 g/mol. The van der Waals surface area contributed by atoms with E-state index in [1.807, 2.05) is 0 Å². The summed E-state index contributed by atoms with van der Waals surface area (Å²) in [5, 5.41) is 0. The molecule has 21 heavy (non-hydrogen) atoms. The number of rotatable bonds is 5. The van der Waals surface area contributed by atoms with E-state index in [-0.39, 0.29) is 5.97 Å². The Labute approximate surface area is 125 Å². The van der Waals surface area contributed by atoms with Crippen molar-refractivity contribution in [1.29, 1.82) is 0 Å². The molecule has 4 heteroatoms. The molecule has 1 aliphatic carbocycles. The summed E-state index contributed by atoms with van der Waals surface area (Å²) in [5.74, 6) is 0.228. The molecule has 0 radical (unpaired) electrons. The number of hydrogen-bond donors (Lipinski definition) is 0. The van der Waals surface area contributed by atoms with E-state index in [1.54, 1.807) is 31.2 Å². The maximum absolute atomic E-state index is 11.9. The van der Waals surface area contributed by atoms with Crippen molar-refractivity contribution in [3.05, 3.63) is 29.8 Å². The number of benzene rings is 1. The molecular weight excluding hydrogens is 268 g/mol. The van der Waals surface area contributed by atoms with Gasteiger partial charge in [0.2, 0.25) is 0 Å². The number of ether oxygens (including phenoxy) is 2. The highest BCUT2D eigenvalue weighted by Crippen LogP contribution is 2.27. The van der Waals surface area contributed by atoms with Gasteiger partial charge in [-0.25, -0.2) is 4.79 Å². The highest BCUT2D eigenvalue weighted by atomic mass is 16.5. The van der Waals surface area contributed by atoms with Crippen LogP contribution in [0.4, 0.5) is 0 Å². The molecule has 0 amide bonds. The zero-order valence-electron chi connectivity index (χ0n) is 12.5. The van der Waals surface area contributed by atoms with E-state index in [0.717, 1.165) is 12.8 Å². The van der Waals surface area contributed by atoms with Gasteiger partial charge in [-0.3, -0.25) is 4.79 Å². The minimum Gasteiger partial charge on any atom is -0.462 e. The lowest BCUT2D eigenvalue weighted by Gasteiger charge is -2.20. The minimum atomic E-state index is -0.400. The van der Waals surface area contributed by atoms with Crippen LogP contribution in [-0.2, 0) is 9.53 Å². The number of esters is 2. The summed E-state index contributed by atoms with van der Waals surface area (Å²) in [5.41, 5.74) is 0.403. The second kappa shape index (κ2) is 7.81. The first-order valence-electron chi connectivity index (χ1n) is 7.67. The van der Waals surface area contributed by atoms with Crippen LogP contribution in [-0.4, -0.2) is 18.5 Å². The average Bonchev–Trinajstić information content (AvgIpc) is 2.48. The lowest BCUT2D eigenvalue weighted by atomic mass is 9.87. The molecule has 0 bridgehead atoms. The van der Waals surface area contributed by atoms with Gasteiger partial charge in [0.15, 0.2) is 0 Å². The molecule has 2 rings (SSSR count). The quantitative estimate of drug-likeness (QED) is 0.612. The first kappa shape index (κ1) is 15.5. The van der Waals surface area contributed by atoms with Crippen LogP contribution in [0.1, 0.15) is 55.8 Å². The molecule has 114 valence electrons. The highest BCUT2D eigenvalue weighted by molar-refractivity contribution is 5.90. The van der Waals surface area contributed by atoms with E-state index in [4.69, 9.17) is 9.47 Å². The van der Waals surface area contributed by atoms with Crippen molar-refractivity contribution in [3.8, 4) is 5.75 Å². The maximum Gasteiger partial charge on any atom is 0.338 e. The van der Waals surface area contributed by atoms with E-state index < -0.39 is 5.97 Å². The van der Waals surface area contributed by atoms with Crippen LogP contribution in [0.2, 0.25) is 0 Å². The lowest BCUT2D eigenvalue weighted by Crippen LogP contribution is -2.16. The zero-order valence-corrected chi connectivity index (χ0v) is 12.5. The van der Waals surface area contributed by atoms with Crippen molar-refractivity contribution >= 4 is 11.9 Å². The van der Waals surface area contributed by atoms with Gasteiger partial charge in [-0.2, -0.15) is 0 Å². The van der Waals surface area contributed by atoms with Crippen LogP contribution >= 0.6 is 0 Å². The molecule has 1 aromatic carbocycles. The summed E-state index contributed by atoms with van der Waals surface area (Å²) < 4.78 is 10.3. The summed E-state index contributed by atoms with van der Waals surface area (Å²) in [6.45, 7) is 2.08. The van der Waals surface area contributed by atoms with E-state index in [1.165, 1.54) is 19.3 Å². The van der Waals surface area contributed by atoms with E-state index >= 15 is 0 Å². The largest absolute Gasteiger partial charge is 0.462 e. The van der Waals surface area contributed by atoms with Crippen molar-refractivity contribution < 1.29 is 19.1 Å². The van der Waals surface area contributed by atoms with Gasteiger partial charge < -0.3 is 9.47 Å². The van der Waals surface area contributed by atoms with Crippen LogP contribution in [0.25, 0.3) is 0 Å². The number of carbonyl (C=O) groups is 2. The fourth-order valence-corrected chi connectivity index (χ4v) is 2.70. The smallest absolute Gasteiger partial charge is 0.338 e. The molecule has 1 saturated carbocycles. The summed E-state index contributed by atoms with van der Waals surface area (Å²) >= 11 is 0. The fraction of sp³-hybridized carbons (Fsp3) is 0.529. The molecule has 0 aromatic heterocycles. The van der Waals surface area contributed by atoms with Crippen molar-refractivity contribution in [2.24, 2.45) is 5.92 Å². The molecule has 1 fully saturated rings. The molecule has 0 unspecified atom stereocenters. The minimum absolute atomic E-state index is 0.220.